The van der Waals surface area contributed by atoms with Gasteiger partial charge in [-0.2, -0.15) is 0 Å². The lowest BCUT2D eigenvalue weighted by Crippen LogP contribution is -2.17. The molecule has 5 heteroatoms. The van der Waals surface area contributed by atoms with Crippen LogP contribution in [0.5, 0.6) is 0 Å². The maximum absolute atomic E-state index is 11.8. The van der Waals surface area contributed by atoms with Crippen molar-refractivity contribution in [2.45, 2.75) is 6.92 Å². The van der Waals surface area contributed by atoms with Crippen LogP contribution >= 0.6 is 11.6 Å². The summed E-state index contributed by atoms with van der Waals surface area (Å²) in [6.45, 7) is 1.80. The number of fused-ring (bicyclic) bond motifs is 1. The number of nitrogens with one attached hydrogen (secondary N) is 1. The van der Waals surface area contributed by atoms with E-state index >= 15 is 0 Å². The molecule has 0 saturated carbocycles. The molecule has 0 spiro atoms. The number of hydrogen-bond acceptors (Lipinski definition) is 3. The molecule has 1 aromatic carbocycles. The number of aromatic amines is 1. The number of esters is 1. The van der Waals surface area contributed by atoms with Gasteiger partial charge in [-0.15, -0.1) is 0 Å². The van der Waals surface area contributed by atoms with E-state index in [0.29, 0.717) is 5.39 Å². The minimum atomic E-state index is -0.885. The van der Waals surface area contributed by atoms with E-state index in [4.69, 9.17) is 11.6 Å². The molecular weight excluding hydrogens is 242 g/mol. The first-order valence-electron chi connectivity index (χ1n) is 5.12. The number of carbonyl (C=O) groups excluding carboxylic acids is 2. The fourth-order valence-electron chi connectivity index (χ4n) is 1.58. The van der Waals surface area contributed by atoms with E-state index in [1.807, 2.05) is 0 Å². The van der Waals surface area contributed by atoms with Crippen molar-refractivity contribution < 1.29 is 14.3 Å². The molecule has 1 aromatic heterocycles. The van der Waals surface area contributed by atoms with E-state index in [0.717, 1.165) is 5.52 Å². The first-order chi connectivity index (χ1) is 8.15. The van der Waals surface area contributed by atoms with Gasteiger partial charge in [-0.1, -0.05) is 11.6 Å². The second kappa shape index (κ2) is 4.59. The third kappa shape index (κ3) is 2.03. The SMILES string of the molecule is CCOC(=O)C(=O)c1ccc2[nH]ccc2c1Cl. The molecule has 0 atom stereocenters. The molecule has 88 valence electrons. The van der Waals surface area contributed by atoms with Crippen LogP contribution in [-0.2, 0) is 9.53 Å². The van der Waals surface area contributed by atoms with Gasteiger partial charge in [0.25, 0.3) is 5.78 Å². The summed E-state index contributed by atoms with van der Waals surface area (Å²) in [5, 5.41) is 0.976. The van der Waals surface area contributed by atoms with Gasteiger partial charge in [0.05, 0.1) is 11.6 Å². The summed E-state index contributed by atoms with van der Waals surface area (Å²) >= 11 is 6.07. The van der Waals surface area contributed by atoms with Gasteiger partial charge in [-0.3, -0.25) is 4.79 Å². The van der Waals surface area contributed by atoms with E-state index in [-0.39, 0.29) is 17.2 Å². The van der Waals surface area contributed by atoms with E-state index in [9.17, 15) is 9.59 Å². The van der Waals surface area contributed by atoms with Crippen LogP contribution in [0.3, 0.4) is 0 Å². The Kier molecular flexibility index (Phi) is 3.15. The average molecular weight is 252 g/mol. The highest BCUT2D eigenvalue weighted by Crippen LogP contribution is 2.27. The smallest absolute Gasteiger partial charge is 0.379 e. The fourth-order valence-corrected chi connectivity index (χ4v) is 1.89. The zero-order valence-corrected chi connectivity index (χ0v) is 9.88. The molecule has 1 heterocycles. The van der Waals surface area contributed by atoms with Crippen molar-refractivity contribution in [3.05, 3.63) is 35.0 Å². The lowest BCUT2D eigenvalue weighted by Gasteiger charge is -2.04. The van der Waals surface area contributed by atoms with E-state index < -0.39 is 11.8 Å². The van der Waals surface area contributed by atoms with Gasteiger partial charge in [-0.05, 0) is 25.1 Å². The number of Topliss-reactive ketones (excluding diaryl/α,β-unsaturated/α-hetero) is 1. The summed E-state index contributed by atoms with van der Waals surface area (Å²) in [6.07, 6.45) is 1.72. The zero-order chi connectivity index (χ0) is 12.4. The highest BCUT2D eigenvalue weighted by Gasteiger charge is 2.21. The molecule has 0 bridgehead atoms. The Labute approximate surface area is 103 Å². The van der Waals surface area contributed by atoms with Gasteiger partial charge in [0.15, 0.2) is 0 Å². The first kappa shape index (κ1) is 11.7. The summed E-state index contributed by atoms with van der Waals surface area (Å²) in [6, 6.07) is 4.97. The van der Waals surface area contributed by atoms with Crippen molar-refractivity contribution in [1.82, 2.24) is 4.98 Å². The van der Waals surface area contributed by atoms with Gasteiger partial charge in [-0.25, -0.2) is 4.79 Å². The molecule has 1 N–H and O–H groups in total. The van der Waals surface area contributed by atoms with Crippen molar-refractivity contribution in [3.8, 4) is 0 Å². The number of hydrogen-bond donors (Lipinski definition) is 1. The maximum Gasteiger partial charge on any atom is 0.379 e. The molecule has 0 saturated heterocycles. The maximum atomic E-state index is 11.8. The average Bonchev–Trinajstić information content (AvgIpc) is 2.78. The summed E-state index contributed by atoms with van der Waals surface area (Å²) in [5.41, 5.74) is 0.979. The highest BCUT2D eigenvalue weighted by atomic mass is 35.5. The van der Waals surface area contributed by atoms with Gasteiger partial charge < -0.3 is 9.72 Å². The number of H-pyrrole nitrogens is 1. The van der Waals surface area contributed by atoms with Crippen molar-refractivity contribution in [2.24, 2.45) is 0 Å². The second-order valence-corrected chi connectivity index (χ2v) is 3.79. The Morgan fingerprint density at radius 1 is 1.35 bits per heavy atom. The molecule has 0 aliphatic carbocycles. The molecule has 0 amide bonds. The Bertz CT molecular complexity index is 588. The molecule has 2 rings (SSSR count). The number of ether oxygens (including phenoxy) is 1. The molecule has 17 heavy (non-hydrogen) atoms. The minimum Gasteiger partial charge on any atom is -0.460 e. The highest BCUT2D eigenvalue weighted by molar-refractivity contribution is 6.47. The van der Waals surface area contributed by atoms with Crippen LogP contribution in [0.1, 0.15) is 17.3 Å². The molecular formula is C12H10ClNO3. The van der Waals surface area contributed by atoms with Crippen LogP contribution in [0.25, 0.3) is 10.9 Å². The predicted molar refractivity (Wildman–Crippen MR) is 64.3 cm³/mol. The van der Waals surface area contributed by atoms with Crippen molar-refractivity contribution in [1.29, 1.82) is 0 Å². The lowest BCUT2D eigenvalue weighted by molar-refractivity contribution is -0.137. The van der Waals surface area contributed by atoms with Crippen molar-refractivity contribution >= 4 is 34.3 Å². The Morgan fingerprint density at radius 2 is 2.12 bits per heavy atom. The summed E-state index contributed by atoms with van der Waals surface area (Å²) in [7, 11) is 0. The summed E-state index contributed by atoms with van der Waals surface area (Å²) in [4.78, 5) is 26.1. The normalized spacial score (nSPS) is 10.5. The molecule has 0 aliphatic heterocycles. The van der Waals surface area contributed by atoms with E-state index in [1.54, 1.807) is 25.3 Å². The second-order valence-electron chi connectivity index (χ2n) is 3.42. The van der Waals surface area contributed by atoms with Crippen LogP contribution in [-0.4, -0.2) is 23.3 Å². The van der Waals surface area contributed by atoms with Gasteiger partial charge in [0.1, 0.15) is 0 Å². The number of ketones is 1. The van der Waals surface area contributed by atoms with Crippen molar-refractivity contribution in [2.75, 3.05) is 6.61 Å². The van der Waals surface area contributed by atoms with Crippen LogP contribution in [0.15, 0.2) is 24.4 Å². The van der Waals surface area contributed by atoms with Gasteiger partial charge >= 0.3 is 5.97 Å². The molecule has 0 radical (unpaired) electrons. The number of aromatic nitrogens is 1. The number of carbonyl (C=O) groups is 2. The molecule has 4 nitrogen and oxygen atoms in total. The summed E-state index contributed by atoms with van der Waals surface area (Å²) in [5.74, 6) is -1.61. The van der Waals surface area contributed by atoms with E-state index in [2.05, 4.69) is 9.72 Å². The minimum absolute atomic E-state index is 0.161. The fraction of sp³-hybridized carbons (Fsp3) is 0.167. The third-order valence-electron chi connectivity index (χ3n) is 2.37. The Morgan fingerprint density at radius 3 is 2.82 bits per heavy atom. The van der Waals surface area contributed by atoms with E-state index in [1.165, 1.54) is 6.07 Å². The largest absolute Gasteiger partial charge is 0.460 e. The number of halogens is 1. The van der Waals surface area contributed by atoms with Crippen LogP contribution in [0.2, 0.25) is 5.02 Å². The topological polar surface area (TPSA) is 59.2 Å². The predicted octanol–water partition coefficient (Wildman–Crippen LogP) is 2.57. The standard InChI is InChI=1S/C12H10ClNO3/c1-2-17-12(16)11(15)8-3-4-9-7(10(8)13)5-6-14-9/h3-6,14H,2H2,1H3. The van der Waals surface area contributed by atoms with Crippen LogP contribution in [0.4, 0.5) is 0 Å². The van der Waals surface area contributed by atoms with Gasteiger partial charge in [0.2, 0.25) is 0 Å². The lowest BCUT2D eigenvalue weighted by atomic mass is 10.1. The first-order valence-corrected chi connectivity index (χ1v) is 5.50. The Hall–Kier alpha value is -1.81. The third-order valence-corrected chi connectivity index (χ3v) is 2.78. The molecule has 0 fully saturated rings. The van der Waals surface area contributed by atoms with Crippen molar-refractivity contribution in [3.63, 3.8) is 0 Å². The molecule has 0 aliphatic rings. The quantitative estimate of drug-likeness (QED) is 0.518. The zero-order valence-electron chi connectivity index (χ0n) is 9.12. The Balaban J connectivity index is 2.45. The van der Waals surface area contributed by atoms with Gasteiger partial charge in [0, 0.05) is 22.7 Å². The van der Waals surface area contributed by atoms with Crippen LogP contribution < -0.4 is 0 Å². The van der Waals surface area contributed by atoms with Crippen LogP contribution in [0, 0.1) is 0 Å². The molecule has 0 unspecified atom stereocenters. The number of benzene rings is 1. The number of rotatable bonds is 3. The molecule has 2 aromatic rings. The monoisotopic (exact) mass is 251 g/mol. The summed E-state index contributed by atoms with van der Waals surface area (Å²) < 4.78 is 4.65.